The van der Waals surface area contributed by atoms with E-state index in [2.05, 4.69) is 13.5 Å². The minimum absolute atomic E-state index is 0.118. The van der Waals surface area contributed by atoms with Gasteiger partial charge in [0.25, 0.3) is 5.91 Å². The van der Waals surface area contributed by atoms with Crippen LogP contribution in [0, 0.1) is 0 Å². The highest BCUT2D eigenvalue weighted by Gasteiger charge is 2.25. The predicted molar refractivity (Wildman–Crippen MR) is 85.7 cm³/mol. The maximum absolute atomic E-state index is 12.5. The van der Waals surface area contributed by atoms with Gasteiger partial charge in [-0.05, 0) is 57.7 Å². The van der Waals surface area contributed by atoms with Crippen molar-refractivity contribution in [1.29, 1.82) is 0 Å². The average molecular weight is 287 g/mol. The summed E-state index contributed by atoms with van der Waals surface area (Å²) >= 11 is 0. The van der Waals surface area contributed by atoms with Crippen molar-refractivity contribution in [2.24, 2.45) is 0 Å². The number of hydrogen-bond donors (Lipinski definition) is 0. The van der Waals surface area contributed by atoms with Gasteiger partial charge in [-0.1, -0.05) is 11.6 Å². The molecule has 3 heteroatoms. The van der Waals surface area contributed by atoms with Crippen molar-refractivity contribution in [3.8, 4) is 5.75 Å². The zero-order chi connectivity index (χ0) is 15.2. The van der Waals surface area contributed by atoms with Crippen LogP contribution in [0.25, 0.3) is 0 Å². The molecule has 0 aliphatic carbocycles. The largest absolute Gasteiger partial charge is 0.494 e. The van der Waals surface area contributed by atoms with Crippen molar-refractivity contribution in [1.82, 2.24) is 4.90 Å². The van der Waals surface area contributed by atoms with Crippen LogP contribution >= 0.6 is 0 Å². The lowest BCUT2D eigenvalue weighted by Gasteiger charge is -2.21. The van der Waals surface area contributed by atoms with Crippen molar-refractivity contribution in [3.05, 3.63) is 42.0 Å². The third-order valence-electron chi connectivity index (χ3n) is 3.91. The molecule has 3 nitrogen and oxygen atoms in total. The molecule has 21 heavy (non-hydrogen) atoms. The normalized spacial score (nSPS) is 17.8. The molecule has 1 aliphatic heterocycles. The lowest BCUT2D eigenvalue weighted by Crippen LogP contribution is -2.33. The van der Waals surface area contributed by atoms with Crippen LogP contribution in [0.3, 0.4) is 0 Å². The van der Waals surface area contributed by atoms with Gasteiger partial charge in [0.05, 0.1) is 6.61 Å². The van der Waals surface area contributed by atoms with Gasteiger partial charge in [0, 0.05) is 18.2 Å². The van der Waals surface area contributed by atoms with Gasteiger partial charge in [0.2, 0.25) is 0 Å². The topological polar surface area (TPSA) is 29.5 Å². The van der Waals surface area contributed by atoms with E-state index in [4.69, 9.17) is 4.74 Å². The van der Waals surface area contributed by atoms with Crippen molar-refractivity contribution < 1.29 is 9.53 Å². The molecule has 0 radical (unpaired) electrons. The van der Waals surface area contributed by atoms with Crippen LogP contribution in [0.2, 0.25) is 0 Å². The highest BCUT2D eigenvalue weighted by Crippen LogP contribution is 2.21. The molecule has 1 atom stereocenters. The molecule has 1 amide bonds. The summed E-state index contributed by atoms with van der Waals surface area (Å²) in [6, 6.07) is 7.87. The first-order valence-electron chi connectivity index (χ1n) is 7.76. The van der Waals surface area contributed by atoms with E-state index in [1.807, 2.05) is 36.1 Å². The van der Waals surface area contributed by atoms with Crippen LogP contribution in [0.1, 0.15) is 49.9 Å². The second-order valence-electron chi connectivity index (χ2n) is 5.93. The minimum atomic E-state index is 0.118. The second kappa shape index (κ2) is 7.30. The number of ether oxygens (including phenoxy) is 1. The van der Waals surface area contributed by atoms with Gasteiger partial charge in [0.15, 0.2) is 0 Å². The number of amides is 1. The molecule has 1 unspecified atom stereocenters. The Hall–Kier alpha value is -1.77. The molecular weight excluding hydrogens is 262 g/mol. The number of benzene rings is 1. The van der Waals surface area contributed by atoms with Crippen LogP contribution < -0.4 is 4.74 Å². The van der Waals surface area contributed by atoms with Gasteiger partial charge in [-0.2, -0.15) is 0 Å². The molecule has 0 spiro atoms. The van der Waals surface area contributed by atoms with E-state index in [1.165, 1.54) is 5.57 Å². The Labute approximate surface area is 127 Å². The number of likely N-dealkylation sites (tertiary alicyclic amines) is 1. The Morgan fingerprint density at radius 1 is 1.48 bits per heavy atom. The second-order valence-corrected chi connectivity index (χ2v) is 5.93. The Kier molecular flexibility index (Phi) is 5.43. The van der Waals surface area contributed by atoms with E-state index in [-0.39, 0.29) is 5.91 Å². The summed E-state index contributed by atoms with van der Waals surface area (Å²) in [6.07, 6.45) is 4.13. The molecule has 0 saturated carbocycles. The fourth-order valence-electron chi connectivity index (χ4n) is 2.68. The highest BCUT2D eigenvalue weighted by molar-refractivity contribution is 5.95. The monoisotopic (exact) mass is 287 g/mol. The van der Waals surface area contributed by atoms with E-state index >= 15 is 0 Å². The molecule has 0 bridgehead atoms. The van der Waals surface area contributed by atoms with Crippen molar-refractivity contribution in [3.63, 3.8) is 0 Å². The van der Waals surface area contributed by atoms with Gasteiger partial charge in [0.1, 0.15) is 5.75 Å². The van der Waals surface area contributed by atoms with Gasteiger partial charge in [-0.15, -0.1) is 6.58 Å². The summed E-state index contributed by atoms with van der Waals surface area (Å²) in [4.78, 5) is 14.4. The average Bonchev–Trinajstić information content (AvgIpc) is 2.89. The molecule has 1 aromatic carbocycles. The van der Waals surface area contributed by atoms with Crippen LogP contribution in [-0.4, -0.2) is 30.0 Å². The zero-order valence-corrected chi connectivity index (χ0v) is 13.1. The highest BCUT2D eigenvalue weighted by atomic mass is 16.5. The van der Waals surface area contributed by atoms with E-state index < -0.39 is 0 Å². The van der Waals surface area contributed by atoms with Crippen molar-refractivity contribution >= 4 is 5.91 Å². The quantitative estimate of drug-likeness (QED) is 0.583. The standard InChI is InChI=1S/C18H25NO2/c1-14(2)7-6-12-21-17-10-4-9-16(13-17)18(20)19-11-5-8-15(19)3/h4,9-10,13,15H,1,5-8,11-12H2,2-3H3. The van der Waals surface area contributed by atoms with Crippen LogP contribution in [0.5, 0.6) is 5.75 Å². The third-order valence-corrected chi connectivity index (χ3v) is 3.91. The molecule has 1 fully saturated rings. The van der Waals surface area contributed by atoms with E-state index in [9.17, 15) is 4.79 Å². The smallest absolute Gasteiger partial charge is 0.254 e. The molecule has 114 valence electrons. The number of hydrogen-bond acceptors (Lipinski definition) is 2. The summed E-state index contributed by atoms with van der Waals surface area (Å²) in [7, 11) is 0. The number of allylic oxidation sites excluding steroid dienone is 1. The lowest BCUT2D eigenvalue weighted by atomic mass is 10.1. The first-order valence-corrected chi connectivity index (χ1v) is 7.76. The SMILES string of the molecule is C=C(C)CCCOc1cccc(C(=O)N2CCCC2C)c1. The van der Waals surface area contributed by atoms with Gasteiger partial charge in [-0.25, -0.2) is 0 Å². The Bertz CT molecular complexity index is 510. The molecule has 1 aliphatic rings. The summed E-state index contributed by atoms with van der Waals surface area (Å²) in [5.74, 6) is 0.891. The lowest BCUT2D eigenvalue weighted by molar-refractivity contribution is 0.0747. The van der Waals surface area contributed by atoms with Crippen LogP contribution in [0.15, 0.2) is 36.4 Å². The molecule has 1 aromatic rings. The number of nitrogens with zero attached hydrogens (tertiary/aromatic N) is 1. The van der Waals surface area contributed by atoms with E-state index in [1.54, 1.807) is 0 Å². The molecule has 1 saturated heterocycles. The first kappa shape index (κ1) is 15.6. The van der Waals surface area contributed by atoms with Crippen molar-refractivity contribution in [2.45, 2.75) is 45.6 Å². The van der Waals surface area contributed by atoms with Gasteiger partial charge < -0.3 is 9.64 Å². The number of carbonyl (C=O) groups excluding carboxylic acids is 1. The number of carbonyl (C=O) groups is 1. The van der Waals surface area contributed by atoms with Crippen molar-refractivity contribution in [2.75, 3.05) is 13.2 Å². The molecular formula is C18H25NO2. The summed E-state index contributed by atoms with van der Waals surface area (Å²) in [5.41, 5.74) is 1.90. The van der Waals surface area contributed by atoms with Gasteiger partial charge >= 0.3 is 0 Å². The summed E-state index contributed by atoms with van der Waals surface area (Å²) in [5, 5.41) is 0. The third kappa shape index (κ3) is 4.35. The minimum Gasteiger partial charge on any atom is -0.494 e. The fraction of sp³-hybridized carbons (Fsp3) is 0.500. The number of rotatable bonds is 6. The molecule has 2 rings (SSSR count). The zero-order valence-electron chi connectivity index (χ0n) is 13.1. The van der Waals surface area contributed by atoms with Crippen LogP contribution in [0.4, 0.5) is 0 Å². The Morgan fingerprint density at radius 2 is 2.29 bits per heavy atom. The van der Waals surface area contributed by atoms with Gasteiger partial charge in [-0.3, -0.25) is 4.79 Å². The van der Waals surface area contributed by atoms with E-state index in [0.29, 0.717) is 12.6 Å². The maximum Gasteiger partial charge on any atom is 0.254 e. The molecule has 0 aromatic heterocycles. The predicted octanol–water partition coefficient (Wildman–Crippen LogP) is 4.05. The Balaban J connectivity index is 1.94. The summed E-state index contributed by atoms with van der Waals surface area (Å²) in [6.45, 7) is 9.54. The first-order chi connectivity index (χ1) is 10.1. The maximum atomic E-state index is 12.5. The summed E-state index contributed by atoms with van der Waals surface area (Å²) < 4.78 is 5.72. The molecule has 0 N–H and O–H groups in total. The Morgan fingerprint density at radius 3 is 2.95 bits per heavy atom. The van der Waals surface area contributed by atoms with Crippen LogP contribution in [-0.2, 0) is 0 Å². The van der Waals surface area contributed by atoms with E-state index in [0.717, 1.165) is 43.5 Å². The molecule has 1 heterocycles. The fourth-order valence-corrected chi connectivity index (χ4v) is 2.68.